The number of carbonyl (C=O) groups is 1. The summed E-state index contributed by atoms with van der Waals surface area (Å²) in [4.78, 5) is 12.4. The Morgan fingerprint density at radius 2 is 2.06 bits per heavy atom. The predicted molar refractivity (Wildman–Crippen MR) is 69.3 cm³/mol. The Morgan fingerprint density at radius 1 is 1.33 bits per heavy atom. The van der Waals surface area contributed by atoms with Crippen LogP contribution in [0.2, 0.25) is 0 Å². The Balaban J connectivity index is 1.97. The van der Waals surface area contributed by atoms with Crippen molar-refractivity contribution in [2.24, 2.45) is 0 Å². The fourth-order valence-electron chi connectivity index (χ4n) is 1.47. The molecule has 0 bridgehead atoms. The van der Waals surface area contributed by atoms with Crippen molar-refractivity contribution in [3.05, 3.63) is 57.3 Å². The van der Waals surface area contributed by atoms with Gasteiger partial charge in [-0.15, -0.1) is 11.3 Å². The first-order chi connectivity index (χ1) is 8.70. The lowest BCUT2D eigenvalue weighted by molar-refractivity contribution is 0.0478. The van der Waals surface area contributed by atoms with Gasteiger partial charge in [-0.2, -0.15) is 5.26 Å². The summed E-state index contributed by atoms with van der Waals surface area (Å²) < 4.78 is 5.22. The first kappa shape index (κ1) is 12.3. The van der Waals surface area contributed by atoms with Crippen LogP contribution in [0, 0.1) is 18.3 Å². The van der Waals surface area contributed by atoms with E-state index in [2.05, 4.69) is 0 Å². The minimum atomic E-state index is -0.299. The Bertz CT molecular complexity index is 593. The number of esters is 1. The second-order valence-corrected chi connectivity index (χ2v) is 4.73. The molecule has 0 aliphatic heterocycles. The highest BCUT2D eigenvalue weighted by Gasteiger charge is 2.11. The summed E-state index contributed by atoms with van der Waals surface area (Å²) in [7, 11) is 0. The molecule has 2 aromatic rings. The van der Waals surface area contributed by atoms with E-state index >= 15 is 0 Å². The fourth-order valence-corrected chi connectivity index (χ4v) is 2.29. The molecule has 0 saturated carbocycles. The van der Waals surface area contributed by atoms with E-state index in [1.807, 2.05) is 24.4 Å². The molecule has 0 atom stereocenters. The molecule has 0 amide bonds. The van der Waals surface area contributed by atoms with E-state index in [0.29, 0.717) is 10.4 Å². The highest BCUT2D eigenvalue weighted by Crippen LogP contribution is 2.17. The second-order valence-electron chi connectivity index (χ2n) is 3.82. The first-order valence-electron chi connectivity index (χ1n) is 5.41. The second kappa shape index (κ2) is 5.48. The molecule has 0 aliphatic rings. The Kier molecular flexibility index (Phi) is 3.75. The number of rotatable bonds is 3. The van der Waals surface area contributed by atoms with E-state index in [9.17, 15) is 4.79 Å². The van der Waals surface area contributed by atoms with E-state index in [-0.39, 0.29) is 12.6 Å². The van der Waals surface area contributed by atoms with Crippen LogP contribution in [0.4, 0.5) is 0 Å². The number of carbonyl (C=O) groups excluding carboxylic acids is 1. The summed E-state index contributed by atoms with van der Waals surface area (Å²) >= 11 is 1.38. The van der Waals surface area contributed by atoms with Gasteiger partial charge < -0.3 is 4.74 Å². The molecule has 0 spiro atoms. The maximum atomic E-state index is 11.8. The zero-order chi connectivity index (χ0) is 13.0. The molecule has 0 fully saturated rings. The van der Waals surface area contributed by atoms with Crippen LogP contribution in [0.1, 0.15) is 26.4 Å². The van der Waals surface area contributed by atoms with Crippen LogP contribution in [0.15, 0.2) is 35.7 Å². The van der Waals surface area contributed by atoms with Gasteiger partial charge in [-0.1, -0.05) is 12.1 Å². The summed E-state index contributed by atoms with van der Waals surface area (Å²) in [6, 6.07) is 10.9. The fraction of sp³-hybridized carbons (Fsp3) is 0.143. The number of benzene rings is 1. The number of nitrogens with zero attached hydrogens (tertiary/aromatic N) is 1. The highest BCUT2D eigenvalue weighted by molar-refractivity contribution is 7.12. The lowest BCUT2D eigenvalue weighted by Gasteiger charge is -2.04. The summed E-state index contributed by atoms with van der Waals surface area (Å²) in [6.45, 7) is 2.11. The van der Waals surface area contributed by atoms with Gasteiger partial charge in [0.15, 0.2) is 0 Å². The zero-order valence-electron chi connectivity index (χ0n) is 9.84. The van der Waals surface area contributed by atoms with E-state index < -0.39 is 0 Å². The Morgan fingerprint density at radius 3 is 2.61 bits per heavy atom. The Labute approximate surface area is 109 Å². The maximum absolute atomic E-state index is 11.8. The number of thiophene rings is 1. The van der Waals surface area contributed by atoms with E-state index in [1.165, 1.54) is 11.3 Å². The molecule has 4 heteroatoms. The third kappa shape index (κ3) is 2.76. The lowest BCUT2D eigenvalue weighted by atomic mass is 10.2. The van der Waals surface area contributed by atoms with Crippen molar-refractivity contribution in [1.29, 1.82) is 5.26 Å². The molecule has 3 nitrogen and oxygen atoms in total. The smallest absolute Gasteiger partial charge is 0.348 e. The van der Waals surface area contributed by atoms with Crippen LogP contribution in [0.3, 0.4) is 0 Å². The average molecular weight is 257 g/mol. The lowest BCUT2D eigenvalue weighted by Crippen LogP contribution is -2.04. The van der Waals surface area contributed by atoms with Crippen LogP contribution >= 0.6 is 11.3 Å². The monoisotopic (exact) mass is 257 g/mol. The van der Waals surface area contributed by atoms with Gasteiger partial charge >= 0.3 is 5.97 Å². The highest BCUT2D eigenvalue weighted by atomic mass is 32.1. The molecule has 1 heterocycles. The van der Waals surface area contributed by atoms with Gasteiger partial charge in [-0.05, 0) is 41.6 Å². The van der Waals surface area contributed by atoms with Crippen molar-refractivity contribution >= 4 is 17.3 Å². The topological polar surface area (TPSA) is 50.1 Å². The number of hydrogen-bond acceptors (Lipinski definition) is 4. The van der Waals surface area contributed by atoms with Gasteiger partial charge in [0.25, 0.3) is 0 Å². The zero-order valence-corrected chi connectivity index (χ0v) is 10.7. The van der Waals surface area contributed by atoms with Crippen LogP contribution in [0.25, 0.3) is 0 Å². The molecule has 1 aromatic carbocycles. The maximum Gasteiger partial charge on any atom is 0.348 e. The molecule has 2 rings (SSSR count). The van der Waals surface area contributed by atoms with E-state index in [0.717, 1.165) is 11.1 Å². The van der Waals surface area contributed by atoms with Crippen LogP contribution in [0.5, 0.6) is 0 Å². The molecule has 90 valence electrons. The molecule has 18 heavy (non-hydrogen) atoms. The van der Waals surface area contributed by atoms with E-state index in [4.69, 9.17) is 10.00 Å². The molecule has 0 N–H and O–H groups in total. The van der Waals surface area contributed by atoms with Gasteiger partial charge in [0.05, 0.1) is 11.6 Å². The molecular formula is C14H11NO2S. The summed E-state index contributed by atoms with van der Waals surface area (Å²) in [5, 5.41) is 10.5. The van der Waals surface area contributed by atoms with Crippen molar-refractivity contribution < 1.29 is 9.53 Å². The summed E-state index contributed by atoms with van der Waals surface area (Å²) in [5.41, 5.74) is 2.40. The average Bonchev–Trinajstić information content (AvgIpc) is 2.83. The molecule has 0 aliphatic carbocycles. The Hall–Kier alpha value is -2.12. The van der Waals surface area contributed by atoms with Crippen molar-refractivity contribution in [1.82, 2.24) is 0 Å². The largest absolute Gasteiger partial charge is 0.457 e. The standard InChI is InChI=1S/C14H11NO2S/c1-10-6-7-18-13(10)14(16)17-9-12-4-2-11(8-15)3-5-12/h2-7H,9H2,1H3. The van der Waals surface area contributed by atoms with Crippen molar-refractivity contribution in [3.63, 3.8) is 0 Å². The van der Waals surface area contributed by atoms with Gasteiger partial charge in [-0.3, -0.25) is 0 Å². The molecule has 0 saturated heterocycles. The minimum absolute atomic E-state index is 0.224. The first-order valence-corrected chi connectivity index (χ1v) is 6.29. The van der Waals surface area contributed by atoms with E-state index in [1.54, 1.807) is 24.3 Å². The third-order valence-electron chi connectivity index (χ3n) is 2.50. The van der Waals surface area contributed by atoms with Crippen LogP contribution < -0.4 is 0 Å². The van der Waals surface area contributed by atoms with Crippen molar-refractivity contribution in [2.75, 3.05) is 0 Å². The number of hydrogen-bond donors (Lipinski definition) is 0. The summed E-state index contributed by atoms with van der Waals surface area (Å²) in [5.74, 6) is -0.299. The van der Waals surface area contributed by atoms with Crippen LogP contribution in [-0.4, -0.2) is 5.97 Å². The number of aryl methyl sites for hydroxylation is 1. The van der Waals surface area contributed by atoms with Gasteiger partial charge in [0.1, 0.15) is 11.5 Å². The van der Waals surface area contributed by atoms with Crippen molar-refractivity contribution in [2.45, 2.75) is 13.5 Å². The SMILES string of the molecule is Cc1ccsc1C(=O)OCc1ccc(C#N)cc1. The van der Waals surface area contributed by atoms with Crippen molar-refractivity contribution in [3.8, 4) is 6.07 Å². The molecular weight excluding hydrogens is 246 g/mol. The minimum Gasteiger partial charge on any atom is -0.457 e. The van der Waals surface area contributed by atoms with Gasteiger partial charge in [0, 0.05) is 0 Å². The normalized spacial score (nSPS) is 9.78. The van der Waals surface area contributed by atoms with Gasteiger partial charge in [0.2, 0.25) is 0 Å². The molecule has 0 radical (unpaired) electrons. The molecule has 0 unspecified atom stereocenters. The number of ether oxygens (including phenoxy) is 1. The predicted octanol–water partition coefficient (Wildman–Crippen LogP) is 3.29. The third-order valence-corrected chi connectivity index (χ3v) is 3.50. The quantitative estimate of drug-likeness (QED) is 0.793. The van der Waals surface area contributed by atoms with Gasteiger partial charge in [-0.25, -0.2) is 4.79 Å². The molecule has 1 aromatic heterocycles. The summed E-state index contributed by atoms with van der Waals surface area (Å²) in [6.07, 6.45) is 0. The van der Waals surface area contributed by atoms with Crippen LogP contribution in [-0.2, 0) is 11.3 Å². The number of nitriles is 1.